The fourth-order valence-corrected chi connectivity index (χ4v) is 2.94. The fourth-order valence-electron chi connectivity index (χ4n) is 2.94. The summed E-state index contributed by atoms with van der Waals surface area (Å²) in [7, 11) is 3.05. The maximum absolute atomic E-state index is 12.9. The zero-order chi connectivity index (χ0) is 20.3. The van der Waals surface area contributed by atoms with Crippen LogP contribution in [0, 0.1) is 0 Å². The summed E-state index contributed by atoms with van der Waals surface area (Å²) in [6, 6.07) is 4.55. The van der Waals surface area contributed by atoms with Crippen LogP contribution in [0.1, 0.15) is 54.3 Å². The first kappa shape index (κ1) is 23.5. The Hall–Kier alpha value is -2.51. The average Bonchev–Trinajstić information content (AvgIpc) is 2.88. The van der Waals surface area contributed by atoms with Crippen LogP contribution in [0.4, 0.5) is 5.69 Å². The van der Waals surface area contributed by atoms with Gasteiger partial charge in [-0.05, 0) is 31.9 Å². The van der Waals surface area contributed by atoms with E-state index in [1.165, 1.54) is 30.8 Å². The number of fused-ring (bicyclic) bond motifs is 1. The minimum atomic E-state index is -0.521. The average molecular weight is 436 g/mol. The standard InChI is InChI=1S/C19H24N4O4.Cu/c1-6-12(7-2)23-17(25)13-9-8-10-14(15(13)18(23)26)20-21-16(11(3)24)19(27)22(4)5;/h8-10,12,24H,6-7H2,1-5H3;/q;+2/b16-11-,21-20?;. The summed E-state index contributed by atoms with van der Waals surface area (Å²) in [5.41, 5.74) is 0.398. The number of likely N-dealkylation sites (N-methyl/N-ethyl adjacent to an activating group) is 1. The first-order valence-corrected chi connectivity index (χ1v) is 8.78. The van der Waals surface area contributed by atoms with E-state index < -0.39 is 11.8 Å². The summed E-state index contributed by atoms with van der Waals surface area (Å²) in [4.78, 5) is 40.2. The van der Waals surface area contributed by atoms with Crippen LogP contribution >= 0.6 is 0 Å². The van der Waals surface area contributed by atoms with Gasteiger partial charge in [-0.25, -0.2) is 0 Å². The Balaban J connectivity index is 0.00000392. The van der Waals surface area contributed by atoms with E-state index in [9.17, 15) is 19.5 Å². The fraction of sp³-hybridized carbons (Fsp3) is 0.421. The third-order valence-electron chi connectivity index (χ3n) is 4.44. The number of carbonyl (C=O) groups excluding carboxylic acids is 3. The molecule has 0 aromatic heterocycles. The van der Waals surface area contributed by atoms with E-state index in [2.05, 4.69) is 10.2 Å². The second kappa shape index (κ2) is 9.61. The van der Waals surface area contributed by atoms with E-state index in [1.807, 2.05) is 13.8 Å². The molecule has 9 heteroatoms. The number of imide groups is 1. The Morgan fingerprint density at radius 3 is 2.29 bits per heavy atom. The number of azo groups is 1. The molecule has 1 radical (unpaired) electrons. The normalized spacial score (nSPS) is 14.3. The van der Waals surface area contributed by atoms with Gasteiger partial charge in [0.2, 0.25) is 0 Å². The number of hydrogen-bond acceptors (Lipinski definition) is 6. The number of carbonyl (C=O) groups is 3. The van der Waals surface area contributed by atoms with Crippen LogP contribution in [0.5, 0.6) is 0 Å². The molecule has 0 spiro atoms. The molecule has 0 saturated heterocycles. The van der Waals surface area contributed by atoms with Crippen molar-refractivity contribution in [3.05, 3.63) is 40.8 Å². The number of rotatable bonds is 6. The van der Waals surface area contributed by atoms with E-state index >= 15 is 0 Å². The molecule has 1 N–H and O–H groups in total. The van der Waals surface area contributed by atoms with Crippen molar-refractivity contribution in [1.82, 2.24) is 9.80 Å². The minimum absolute atomic E-state index is 0. The zero-order valence-corrected chi connectivity index (χ0v) is 17.4. The predicted octanol–water partition coefficient (Wildman–Crippen LogP) is 3.43. The maximum atomic E-state index is 12.9. The predicted molar refractivity (Wildman–Crippen MR) is 99.9 cm³/mol. The first-order valence-electron chi connectivity index (χ1n) is 8.78. The Bertz CT molecular complexity index is 840. The van der Waals surface area contributed by atoms with Crippen LogP contribution in [0.25, 0.3) is 0 Å². The van der Waals surface area contributed by atoms with E-state index in [1.54, 1.807) is 18.2 Å². The molecule has 0 atom stereocenters. The Kier molecular flexibility index (Phi) is 8.08. The van der Waals surface area contributed by atoms with Crippen molar-refractivity contribution >= 4 is 23.4 Å². The quantitative estimate of drug-likeness (QED) is 0.243. The van der Waals surface area contributed by atoms with Crippen molar-refractivity contribution in [3.63, 3.8) is 0 Å². The molecule has 0 fully saturated rings. The summed E-state index contributed by atoms with van der Waals surface area (Å²) in [5, 5.41) is 17.6. The molecule has 2 rings (SSSR count). The van der Waals surface area contributed by atoms with Gasteiger partial charge >= 0.3 is 17.1 Å². The Labute approximate surface area is 174 Å². The van der Waals surface area contributed by atoms with Gasteiger partial charge in [0.25, 0.3) is 17.7 Å². The molecule has 153 valence electrons. The largest absolute Gasteiger partial charge is 2.00 e. The van der Waals surface area contributed by atoms with Crippen LogP contribution in [0.2, 0.25) is 0 Å². The van der Waals surface area contributed by atoms with E-state index in [-0.39, 0.29) is 57.3 Å². The molecule has 28 heavy (non-hydrogen) atoms. The van der Waals surface area contributed by atoms with Crippen LogP contribution in [-0.4, -0.2) is 52.8 Å². The second-order valence-electron chi connectivity index (χ2n) is 6.48. The van der Waals surface area contributed by atoms with Crippen molar-refractivity contribution in [3.8, 4) is 0 Å². The molecule has 1 aliphatic rings. The van der Waals surface area contributed by atoms with Gasteiger partial charge in [-0.3, -0.25) is 19.3 Å². The molecule has 0 unspecified atom stereocenters. The number of allylic oxidation sites excluding steroid dienone is 1. The molecular formula is C19H24CuN4O4+2. The van der Waals surface area contributed by atoms with Crippen LogP contribution < -0.4 is 0 Å². The van der Waals surface area contributed by atoms with Crippen molar-refractivity contribution in [1.29, 1.82) is 0 Å². The van der Waals surface area contributed by atoms with Crippen LogP contribution in [0.3, 0.4) is 0 Å². The Morgan fingerprint density at radius 2 is 1.79 bits per heavy atom. The van der Waals surface area contributed by atoms with Gasteiger partial charge in [0.05, 0.1) is 16.8 Å². The molecule has 1 aromatic rings. The number of aliphatic hydroxyl groups is 1. The first-order chi connectivity index (χ1) is 12.7. The van der Waals surface area contributed by atoms with Crippen molar-refractivity contribution in [2.24, 2.45) is 10.2 Å². The molecule has 3 amide bonds. The molecule has 8 nitrogen and oxygen atoms in total. The second-order valence-corrected chi connectivity index (χ2v) is 6.48. The molecule has 0 saturated carbocycles. The van der Waals surface area contributed by atoms with Gasteiger partial charge in [0.15, 0.2) is 5.70 Å². The van der Waals surface area contributed by atoms with Gasteiger partial charge < -0.3 is 10.0 Å². The smallest absolute Gasteiger partial charge is 0.510 e. The molecule has 1 aromatic carbocycles. The molecular weight excluding hydrogens is 412 g/mol. The minimum Gasteiger partial charge on any atom is -0.510 e. The van der Waals surface area contributed by atoms with Gasteiger partial charge in [0, 0.05) is 20.1 Å². The van der Waals surface area contributed by atoms with E-state index in [4.69, 9.17) is 0 Å². The van der Waals surface area contributed by atoms with Crippen molar-refractivity contribution in [2.75, 3.05) is 14.1 Å². The summed E-state index contributed by atoms with van der Waals surface area (Å²) in [5.74, 6) is -1.57. The van der Waals surface area contributed by atoms with Crippen LogP contribution in [0.15, 0.2) is 39.9 Å². The summed E-state index contributed by atoms with van der Waals surface area (Å²) < 4.78 is 0. The molecule has 0 bridgehead atoms. The maximum Gasteiger partial charge on any atom is 2.00 e. The Morgan fingerprint density at radius 1 is 1.18 bits per heavy atom. The van der Waals surface area contributed by atoms with E-state index in [0.29, 0.717) is 12.8 Å². The molecule has 1 aliphatic heterocycles. The third-order valence-corrected chi connectivity index (χ3v) is 4.44. The molecule has 1 heterocycles. The summed E-state index contributed by atoms with van der Waals surface area (Å²) in [6.07, 6.45) is 1.32. The number of nitrogens with zero attached hydrogens (tertiary/aromatic N) is 4. The monoisotopic (exact) mass is 435 g/mol. The van der Waals surface area contributed by atoms with Gasteiger partial charge in [-0.2, -0.15) is 0 Å². The number of amides is 3. The van der Waals surface area contributed by atoms with Crippen LogP contribution in [-0.2, 0) is 21.9 Å². The van der Waals surface area contributed by atoms with E-state index in [0.717, 1.165) is 0 Å². The third kappa shape index (κ3) is 4.31. The van der Waals surface area contributed by atoms with Gasteiger partial charge in [-0.1, -0.05) is 19.9 Å². The SMILES string of the molecule is CCC(CC)N1C(=O)c2cccc(N=N/C(C(=O)N(C)C)=C(/C)O)c2C1=O.[Cu+2]. The van der Waals surface area contributed by atoms with Gasteiger partial charge in [0.1, 0.15) is 5.76 Å². The summed E-state index contributed by atoms with van der Waals surface area (Å²) in [6.45, 7) is 5.17. The number of hydrogen-bond donors (Lipinski definition) is 1. The van der Waals surface area contributed by atoms with Crippen molar-refractivity contribution in [2.45, 2.75) is 39.7 Å². The molecule has 0 aliphatic carbocycles. The number of aliphatic hydroxyl groups excluding tert-OH is 1. The number of benzene rings is 1. The van der Waals surface area contributed by atoms with Crippen molar-refractivity contribution < 1.29 is 36.6 Å². The zero-order valence-electron chi connectivity index (χ0n) is 16.5. The summed E-state index contributed by atoms with van der Waals surface area (Å²) >= 11 is 0. The topological polar surface area (TPSA) is 103 Å². The van der Waals surface area contributed by atoms with Gasteiger partial charge in [-0.15, -0.1) is 10.2 Å².